The van der Waals surface area contributed by atoms with E-state index in [1.807, 2.05) is 0 Å². The van der Waals surface area contributed by atoms with Crippen molar-refractivity contribution < 1.29 is 32.8 Å². The number of aryl methyl sites for hydroxylation is 1. The predicted molar refractivity (Wildman–Crippen MR) is 77.2 cm³/mol. The lowest BCUT2D eigenvalue weighted by molar-refractivity contribution is -0.380. The van der Waals surface area contributed by atoms with Crippen molar-refractivity contribution in [3.8, 4) is 11.8 Å². The fourth-order valence-electron chi connectivity index (χ4n) is 1.57. The molecule has 12 nitrogen and oxygen atoms in total. The van der Waals surface area contributed by atoms with Crippen LogP contribution >= 0.6 is 0 Å². The van der Waals surface area contributed by atoms with Crippen LogP contribution in [0.5, 0.6) is 11.8 Å². The lowest BCUT2D eigenvalue weighted by Gasteiger charge is -2.03. The molecule has 132 valence electrons. The van der Waals surface area contributed by atoms with Crippen LogP contribution in [-0.4, -0.2) is 43.4 Å². The Labute approximate surface area is 137 Å². The van der Waals surface area contributed by atoms with Crippen molar-refractivity contribution in [2.75, 3.05) is 20.0 Å². The standard InChI is InChI=1S/C6H9N3O2.C5H7N3O4S/c1-10-4-3-5(11-2)9-6(7)8-4;1-8-4(13(6,11)12)3(2-7-8)5(9)10/h3H,1-2H3,(H2,7,8,9);2H,1H3,(H,9,10)(H2,6,11,12). The first-order chi connectivity index (χ1) is 11.1. The second kappa shape index (κ2) is 7.56. The average molecular weight is 360 g/mol. The molecule has 0 fully saturated rings. The van der Waals surface area contributed by atoms with Crippen LogP contribution in [0.1, 0.15) is 10.4 Å². The van der Waals surface area contributed by atoms with E-state index in [0.717, 1.165) is 10.9 Å². The van der Waals surface area contributed by atoms with Gasteiger partial charge in [-0.2, -0.15) is 5.10 Å². The summed E-state index contributed by atoms with van der Waals surface area (Å²) in [7, 11) is 0.231. The number of aromatic nitrogens is 4. The molecule has 0 unspecified atom stereocenters. The molecule has 0 aliphatic rings. The van der Waals surface area contributed by atoms with Crippen molar-refractivity contribution in [2.24, 2.45) is 12.2 Å². The minimum Gasteiger partial charge on any atom is -0.545 e. The first-order valence-corrected chi connectivity index (χ1v) is 7.68. The fourth-order valence-corrected chi connectivity index (χ4v) is 2.43. The Hall–Kier alpha value is -2.93. The highest BCUT2D eigenvalue weighted by molar-refractivity contribution is 7.89. The van der Waals surface area contributed by atoms with Crippen molar-refractivity contribution in [2.45, 2.75) is 5.03 Å². The average Bonchev–Trinajstić information content (AvgIpc) is 2.89. The highest BCUT2D eigenvalue weighted by atomic mass is 32.2. The van der Waals surface area contributed by atoms with Crippen molar-refractivity contribution >= 4 is 21.9 Å². The Morgan fingerprint density at radius 3 is 2.42 bits per heavy atom. The summed E-state index contributed by atoms with van der Waals surface area (Å²) in [5.41, 5.74) is 4.85. The van der Waals surface area contributed by atoms with Gasteiger partial charge in [0.05, 0.1) is 38.0 Å². The van der Waals surface area contributed by atoms with Gasteiger partial charge in [0, 0.05) is 7.05 Å². The number of primary sulfonamides is 1. The molecular weight excluding hydrogens is 344 g/mol. The number of nitrogens with one attached hydrogen (secondary N) is 1. The van der Waals surface area contributed by atoms with E-state index < -0.39 is 26.6 Å². The number of nitrogens with two attached hydrogens (primary N) is 2. The molecule has 2 aromatic heterocycles. The molecule has 13 heteroatoms. The number of ether oxygens (including phenoxy) is 2. The van der Waals surface area contributed by atoms with Crippen LogP contribution in [0.3, 0.4) is 0 Å². The largest absolute Gasteiger partial charge is 0.545 e. The third-order valence-corrected chi connectivity index (χ3v) is 3.56. The highest BCUT2D eigenvalue weighted by Gasteiger charge is 2.19. The third-order valence-electron chi connectivity index (χ3n) is 2.54. The van der Waals surface area contributed by atoms with E-state index in [9.17, 15) is 18.3 Å². The predicted octanol–water partition coefficient (Wildman–Crippen LogP) is -3.07. The summed E-state index contributed by atoms with van der Waals surface area (Å²) in [5, 5.41) is 18.0. The maximum atomic E-state index is 10.9. The summed E-state index contributed by atoms with van der Waals surface area (Å²) < 4.78 is 32.3. The van der Waals surface area contributed by atoms with Gasteiger partial charge < -0.3 is 19.4 Å². The van der Waals surface area contributed by atoms with E-state index in [2.05, 4.69) is 15.1 Å². The van der Waals surface area contributed by atoms with Gasteiger partial charge in [0.2, 0.25) is 0 Å². The Bertz CT molecular complexity index is 811. The van der Waals surface area contributed by atoms with Crippen molar-refractivity contribution in [1.82, 2.24) is 14.8 Å². The number of nitrogens with zero attached hydrogens (tertiary/aromatic N) is 3. The molecule has 0 aromatic carbocycles. The molecule has 0 aliphatic heterocycles. The smallest absolute Gasteiger partial charge is 0.393 e. The number of hydrogen-bond donors (Lipinski definition) is 2. The molecule has 5 N–H and O–H groups in total. The number of carbonyl (C=O) groups is 1. The van der Waals surface area contributed by atoms with Gasteiger partial charge in [-0.3, -0.25) is 10.4 Å². The van der Waals surface area contributed by atoms with Crippen LogP contribution < -0.4 is 30.4 Å². The van der Waals surface area contributed by atoms with Gasteiger partial charge in [0.15, 0.2) is 5.03 Å². The number of nitrogen functional groups attached to an aromatic ring is 1. The van der Waals surface area contributed by atoms with E-state index in [1.54, 1.807) is 6.07 Å². The Kier molecular flexibility index (Phi) is 6.02. The molecule has 0 saturated carbocycles. The Morgan fingerprint density at radius 2 is 2.00 bits per heavy atom. The minimum atomic E-state index is -4.09. The number of carboxylic acids is 1. The third kappa shape index (κ3) is 4.79. The molecule has 0 amide bonds. The van der Waals surface area contributed by atoms with Gasteiger partial charge in [-0.1, -0.05) is 0 Å². The summed E-state index contributed by atoms with van der Waals surface area (Å²) in [6, 6.07) is 1.61. The van der Waals surface area contributed by atoms with E-state index in [4.69, 9.17) is 20.3 Å². The van der Waals surface area contributed by atoms with Gasteiger partial charge in [0.1, 0.15) is 0 Å². The van der Waals surface area contributed by atoms with E-state index in [0.29, 0.717) is 11.8 Å². The number of sulfonamides is 1. The number of aromatic carboxylic acids is 1. The second-order valence-corrected chi connectivity index (χ2v) is 5.67. The molecule has 2 rings (SSSR count). The number of carbonyl (C=O) groups excluding carboxylic acids is 1. The summed E-state index contributed by atoms with van der Waals surface area (Å²) in [5.74, 6) is -0.411. The topological polar surface area (TPSA) is 190 Å². The maximum Gasteiger partial charge on any atom is 0.393 e. The molecule has 2 aromatic rings. The number of H-pyrrole nitrogens is 1. The van der Waals surface area contributed by atoms with Crippen molar-refractivity contribution in [3.05, 3.63) is 17.8 Å². The first-order valence-electron chi connectivity index (χ1n) is 6.14. The molecule has 2 heterocycles. The zero-order chi connectivity index (χ0) is 18.5. The maximum absolute atomic E-state index is 10.9. The molecule has 0 bridgehead atoms. The summed E-state index contributed by atoms with van der Waals surface area (Å²) in [6.45, 7) is 0. The molecule has 0 aliphatic carbocycles. The molecule has 0 spiro atoms. The van der Waals surface area contributed by atoms with Crippen LogP contribution in [0.25, 0.3) is 0 Å². The zero-order valence-electron chi connectivity index (χ0n) is 13.0. The van der Waals surface area contributed by atoms with Crippen molar-refractivity contribution in [3.63, 3.8) is 0 Å². The molecular formula is C11H16N6O6S. The van der Waals surface area contributed by atoms with E-state index in [-0.39, 0.29) is 5.95 Å². The summed E-state index contributed by atoms with van der Waals surface area (Å²) >= 11 is 0. The number of rotatable bonds is 4. The quantitative estimate of drug-likeness (QED) is 0.569. The molecule has 0 atom stereocenters. The van der Waals surface area contributed by atoms with Crippen LogP contribution in [0.4, 0.5) is 5.95 Å². The van der Waals surface area contributed by atoms with Gasteiger partial charge in [0.25, 0.3) is 21.8 Å². The highest BCUT2D eigenvalue weighted by Crippen LogP contribution is 2.11. The Balaban J connectivity index is 0.000000243. The number of anilines is 1. The summed E-state index contributed by atoms with van der Waals surface area (Å²) in [4.78, 5) is 16.9. The normalized spacial score (nSPS) is 10.5. The van der Waals surface area contributed by atoms with E-state index in [1.165, 1.54) is 21.3 Å². The van der Waals surface area contributed by atoms with Crippen LogP contribution in [0.15, 0.2) is 17.3 Å². The Morgan fingerprint density at radius 1 is 1.38 bits per heavy atom. The van der Waals surface area contributed by atoms with Gasteiger partial charge >= 0.3 is 5.95 Å². The lowest BCUT2D eigenvalue weighted by atomic mass is 10.4. The molecule has 0 radical (unpaired) electrons. The van der Waals surface area contributed by atoms with Gasteiger partial charge in [-0.15, -0.1) is 0 Å². The zero-order valence-corrected chi connectivity index (χ0v) is 13.8. The molecule has 0 saturated heterocycles. The SMILES string of the molecule is COc1cc(OC)[nH+]c(N)n1.Cn1ncc(C(=O)[O-])c1S(N)(=O)=O. The monoisotopic (exact) mass is 360 g/mol. The second-order valence-electron chi connectivity index (χ2n) is 4.20. The number of carboxylic acid groups (broad SMARTS) is 1. The van der Waals surface area contributed by atoms with E-state index >= 15 is 0 Å². The molecule has 24 heavy (non-hydrogen) atoms. The first kappa shape index (κ1) is 19.1. The number of aromatic amines is 1. The van der Waals surface area contributed by atoms with Gasteiger partial charge in [-0.05, 0) is 4.98 Å². The number of hydrogen-bond acceptors (Lipinski definition) is 9. The van der Waals surface area contributed by atoms with Gasteiger partial charge in [-0.25, -0.2) is 18.5 Å². The van der Waals surface area contributed by atoms with Crippen LogP contribution in [-0.2, 0) is 17.1 Å². The van der Waals surface area contributed by atoms with Crippen LogP contribution in [0.2, 0.25) is 0 Å². The lowest BCUT2D eigenvalue weighted by Crippen LogP contribution is -2.26. The summed E-state index contributed by atoms with van der Waals surface area (Å²) in [6.07, 6.45) is 0.870. The van der Waals surface area contributed by atoms with Crippen molar-refractivity contribution in [1.29, 1.82) is 0 Å². The van der Waals surface area contributed by atoms with Crippen LogP contribution in [0, 0.1) is 0 Å². The number of methoxy groups -OCH3 is 2. The fraction of sp³-hybridized carbons (Fsp3) is 0.273. The minimum absolute atomic E-state index is 0.265.